The first-order chi connectivity index (χ1) is 7.22. The molecule has 1 aromatic carbocycles. The van der Waals surface area contributed by atoms with Crippen LogP contribution in [0.25, 0.3) is 0 Å². The molecule has 0 radical (unpaired) electrons. The molecule has 0 amide bonds. The summed E-state index contributed by atoms with van der Waals surface area (Å²) in [5, 5.41) is 10.3. The zero-order valence-electron chi connectivity index (χ0n) is 8.32. The van der Waals surface area contributed by atoms with Crippen molar-refractivity contribution < 1.29 is 5.11 Å². The molecule has 0 aliphatic rings. The van der Waals surface area contributed by atoms with Gasteiger partial charge in [0.2, 0.25) is 0 Å². The molecule has 1 N–H and O–H groups in total. The number of aliphatic hydroxyl groups excluding tert-OH is 1. The fraction of sp³-hybridized carbons (Fsp3) is 0.333. The first kappa shape index (κ1) is 12.4. The Kier molecular flexibility index (Phi) is 5.63. The van der Waals surface area contributed by atoms with Crippen LogP contribution in [0.5, 0.6) is 0 Å². The molecule has 1 unspecified atom stereocenters. The second kappa shape index (κ2) is 6.79. The highest BCUT2D eigenvalue weighted by atomic mass is 35.5. The normalized spacial score (nSPS) is 12.1. The summed E-state index contributed by atoms with van der Waals surface area (Å²) < 4.78 is 0. The summed E-state index contributed by atoms with van der Waals surface area (Å²) in [6.45, 7) is 0. The van der Waals surface area contributed by atoms with Crippen LogP contribution in [0.1, 0.15) is 12.8 Å². The molecule has 0 spiro atoms. The van der Waals surface area contributed by atoms with Gasteiger partial charge < -0.3 is 5.11 Å². The number of halogens is 1. The van der Waals surface area contributed by atoms with E-state index < -0.39 is 0 Å². The van der Waals surface area contributed by atoms with Crippen LogP contribution in [0, 0.1) is 12.3 Å². The van der Waals surface area contributed by atoms with E-state index >= 15 is 0 Å². The zero-order valence-corrected chi connectivity index (χ0v) is 9.89. The van der Waals surface area contributed by atoms with Gasteiger partial charge in [-0.05, 0) is 30.7 Å². The van der Waals surface area contributed by atoms with E-state index in [1.54, 1.807) is 11.8 Å². The summed E-state index contributed by atoms with van der Waals surface area (Å²) in [4.78, 5) is 1.11. The van der Waals surface area contributed by atoms with Crippen LogP contribution in [-0.2, 0) is 0 Å². The quantitative estimate of drug-likeness (QED) is 0.630. The Morgan fingerprint density at radius 1 is 1.40 bits per heavy atom. The molecule has 1 nitrogen and oxygen atoms in total. The van der Waals surface area contributed by atoms with Crippen molar-refractivity contribution >= 4 is 23.4 Å². The Labute approximate surface area is 99.8 Å². The van der Waals surface area contributed by atoms with Gasteiger partial charge in [0.05, 0.1) is 6.10 Å². The number of rotatable bonds is 5. The third kappa shape index (κ3) is 5.13. The van der Waals surface area contributed by atoms with E-state index in [1.165, 1.54) is 0 Å². The Morgan fingerprint density at radius 3 is 2.67 bits per heavy atom. The second-order valence-corrected chi connectivity index (χ2v) is 4.69. The van der Waals surface area contributed by atoms with Crippen LogP contribution in [0.2, 0.25) is 5.02 Å². The molecule has 0 saturated carbocycles. The number of hydrogen-bond acceptors (Lipinski definition) is 2. The van der Waals surface area contributed by atoms with Crippen molar-refractivity contribution in [3.8, 4) is 12.3 Å². The van der Waals surface area contributed by atoms with Crippen LogP contribution in [0.3, 0.4) is 0 Å². The Bertz CT molecular complexity index is 328. The van der Waals surface area contributed by atoms with Crippen molar-refractivity contribution in [3.63, 3.8) is 0 Å². The van der Waals surface area contributed by atoms with E-state index in [-0.39, 0.29) is 6.10 Å². The van der Waals surface area contributed by atoms with E-state index in [2.05, 4.69) is 5.92 Å². The van der Waals surface area contributed by atoms with Crippen LogP contribution >= 0.6 is 23.4 Å². The molecule has 0 saturated heterocycles. The van der Waals surface area contributed by atoms with Crippen LogP contribution in [0.15, 0.2) is 29.2 Å². The van der Waals surface area contributed by atoms with Crippen molar-refractivity contribution in [3.05, 3.63) is 29.3 Å². The van der Waals surface area contributed by atoms with Gasteiger partial charge in [-0.25, -0.2) is 0 Å². The van der Waals surface area contributed by atoms with Gasteiger partial charge in [0, 0.05) is 22.1 Å². The van der Waals surface area contributed by atoms with E-state index in [9.17, 15) is 5.11 Å². The molecule has 1 atom stereocenters. The molecule has 0 bridgehead atoms. The molecule has 0 aromatic heterocycles. The van der Waals surface area contributed by atoms with Crippen molar-refractivity contribution in [1.82, 2.24) is 0 Å². The summed E-state index contributed by atoms with van der Waals surface area (Å²) >= 11 is 7.37. The summed E-state index contributed by atoms with van der Waals surface area (Å²) in [6, 6.07) is 7.58. The topological polar surface area (TPSA) is 20.2 Å². The lowest BCUT2D eigenvalue weighted by atomic mass is 10.2. The number of terminal acetylenes is 1. The number of aliphatic hydroxyl groups is 1. The van der Waals surface area contributed by atoms with E-state index in [0.717, 1.165) is 9.92 Å². The number of thioether (sulfide) groups is 1. The van der Waals surface area contributed by atoms with Crippen LogP contribution in [0.4, 0.5) is 0 Å². The second-order valence-electron chi connectivity index (χ2n) is 3.16. The fourth-order valence-corrected chi connectivity index (χ4v) is 2.06. The van der Waals surface area contributed by atoms with Gasteiger partial charge >= 0.3 is 0 Å². The molecule has 80 valence electrons. The number of benzene rings is 1. The summed E-state index contributed by atoms with van der Waals surface area (Å²) in [5.74, 6) is 3.19. The Morgan fingerprint density at radius 2 is 2.07 bits per heavy atom. The molecule has 0 fully saturated rings. The maximum absolute atomic E-state index is 9.55. The number of hydrogen-bond donors (Lipinski definition) is 1. The van der Waals surface area contributed by atoms with Crippen molar-refractivity contribution in [2.75, 3.05) is 5.75 Å². The van der Waals surface area contributed by atoms with E-state index in [4.69, 9.17) is 18.0 Å². The highest BCUT2D eigenvalue weighted by Gasteiger charge is 2.03. The van der Waals surface area contributed by atoms with Crippen molar-refractivity contribution in [2.45, 2.75) is 23.8 Å². The Balaban J connectivity index is 2.31. The third-order valence-corrected chi connectivity index (χ3v) is 3.29. The minimum Gasteiger partial charge on any atom is -0.392 e. The molecule has 3 heteroatoms. The van der Waals surface area contributed by atoms with Gasteiger partial charge in [0.25, 0.3) is 0 Å². The first-order valence-electron chi connectivity index (χ1n) is 4.72. The molecule has 0 aliphatic heterocycles. The van der Waals surface area contributed by atoms with Gasteiger partial charge in [-0.2, -0.15) is 0 Å². The van der Waals surface area contributed by atoms with Crippen LogP contribution in [-0.4, -0.2) is 17.0 Å². The smallest absolute Gasteiger partial charge is 0.0643 e. The SMILES string of the molecule is C#CCCC(O)CSc1ccc(Cl)cc1. The van der Waals surface area contributed by atoms with Crippen molar-refractivity contribution in [1.29, 1.82) is 0 Å². The average Bonchev–Trinajstić information content (AvgIpc) is 2.25. The lowest BCUT2D eigenvalue weighted by Crippen LogP contribution is -2.08. The largest absolute Gasteiger partial charge is 0.392 e. The fourth-order valence-electron chi connectivity index (χ4n) is 1.06. The molecule has 0 heterocycles. The summed E-state index contributed by atoms with van der Waals surface area (Å²) in [5.41, 5.74) is 0. The lowest BCUT2D eigenvalue weighted by molar-refractivity contribution is 0.191. The lowest BCUT2D eigenvalue weighted by Gasteiger charge is -2.07. The molecule has 1 rings (SSSR count). The predicted molar refractivity (Wildman–Crippen MR) is 66.2 cm³/mol. The minimum atomic E-state index is -0.332. The molecule has 0 aliphatic carbocycles. The Hall–Kier alpha value is -0.620. The van der Waals surface area contributed by atoms with E-state index in [0.29, 0.717) is 18.6 Å². The van der Waals surface area contributed by atoms with Gasteiger partial charge in [-0.15, -0.1) is 24.1 Å². The van der Waals surface area contributed by atoms with Crippen LogP contribution < -0.4 is 0 Å². The molecular formula is C12H13ClOS. The monoisotopic (exact) mass is 240 g/mol. The maximum atomic E-state index is 9.55. The first-order valence-corrected chi connectivity index (χ1v) is 6.08. The highest BCUT2D eigenvalue weighted by Crippen LogP contribution is 2.21. The van der Waals surface area contributed by atoms with Crippen molar-refractivity contribution in [2.24, 2.45) is 0 Å². The molecule has 1 aromatic rings. The van der Waals surface area contributed by atoms with E-state index in [1.807, 2.05) is 24.3 Å². The highest BCUT2D eigenvalue weighted by molar-refractivity contribution is 7.99. The summed E-state index contributed by atoms with van der Waals surface area (Å²) in [6.07, 6.45) is 6.08. The molecular weight excluding hydrogens is 228 g/mol. The average molecular weight is 241 g/mol. The van der Waals surface area contributed by atoms with Gasteiger partial charge in [-0.3, -0.25) is 0 Å². The van der Waals surface area contributed by atoms with Gasteiger partial charge in [0.15, 0.2) is 0 Å². The van der Waals surface area contributed by atoms with Gasteiger partial charge in [-0.1, -0.05) is 11.6 Å². The third-order valence-electron chi connectivity index (χ3n) is 1.88. The summed E-state index contributed by atoms with van der Waals surface area (Å²) in [7, 11) is 0. The predicted octanol–water partition coefficient (Wildman–Crippen LogP) is 3.21. The molecule has 15 heavy (non-hydrogen) atoms. The van der Waals surface area contributed by atoms with Gasteiger partial charge in [0.1, 0.15) is 0 Å². The standard InChI is InChI=1S/C12H13ClOS/c1-2-3-4-11(14)9-15-12-7-5-10(13)6-8-12/h1,5-8,11,14H,3-4,9H2. The zero-order chi connectivity index (χ0) is 11.1. The minimum absolute atomic E-state index is 0.332. The maximum Gasteiger partial charge on any atom is 0.0643 e.